The highest BCUT2D eigenvalue weighted by Crippen LogP contribution is 2.39. The van der Waals surface area contributed by atoms with Gasteiger partial charge in [0.15, 0.2) is 11.5 Å². The van der Waals surface area contributed by atoms with Crippen LogP contribution in [0.2, 0.25) is 0 Å². The molecule has 0 spiro atoms. The number of primary amides is 1. The molecule has 4 saturated heterocycles. The molecule has 1 saturated carbocycles. The van der Waals surface area contributed by atoms with Crippen LogP contribution in [0.5, 0.6) is 11.5 Å². The van der Waals surface area contributed by atoms with Gasteiger partial charge in [-0.1, -0.05) is 68.4 Å². The van der Waals surface area contributed by atoms with Crippen LogP contribution in [-0.4, -0.2) is 270 Å². The van der Waals surface area contributed by atoms with Gasteiger partial charge in [-0.15, -0.1) is 0 Å². The van der Waals surface area contributed by atoms with E-state index in [9.17, 15) is 87.4 Å². The van der Waals surface area contributed by atoms with Crippen molar-refractivity contribution < 1.29 is 106 Å². The summed E-state index contributed by atoms with van der Waals surface area (Å²) in [6, 6.07) is 3.47. The second kappa shape index (κ2) is 33.8. The fourth-order valence-electron chi connectivity index (χ4n) is 14.4. The van der Waals surface area contributed by atoms with Gasteiger partial charge in [-0.3, -0.25) is 47.8 Å². The predicted octanol–water partition coefficient (Wildman–Crippen LogP) is -1.85. The number of piperidine rings is 1. The van der Waals surface area contributed by atoms with Crippen LogP contribution < -0.4 is 41.4 Å². The zero-order chi connectivity index (χ0) is 75.9. The number of hydrogen-bond acceptors (Lipinski definition) is 25. The monoisotopic (exact) mass is 1490 g/mol. The molecule has 1 aliphatic carbocycles. The minimum Gasteiger partial charge on any atom is -0.504 e. The third kappa shape index (κ3) is 19.7. The number of benzene rings is 3. The number of phenolic OH excluding ortho intramolecular Hbond substituents is 1. The molecule has 34 nitrogen and oxygen atoms in total. The van der Waals surface area contributed by atoms with E-state index in [4.69, 9.17) is 20.0 Å². The van der Waals surface area contributed by atoms with E-state index >= 15 is 4.79 Å². The molecule has 0 bridgehead atoms. The lowest BCUT2D eigenvalue weighted by atomic mass is 9.76. The largest absolute Gasteiger partial charge is 0.504 e. The summed E-state index contributed by atoms with van der Waals surface area (Å²) < 4.78 is 49.4. The number of phenols is 1. The Morgan fingerprint density at radius 3 is 2.10 bits per heavy atom. The van der Waals surface area contributed by atoms with Crippen LogP contribution in [-0.2, 0) is 55.1 Å². The smallest absolute Gasteiger partial charge is 0.446 e. The van der Waals surface area contributed by atoms with Crippen molar-refractivity contribution in [3.8, 4) is 34.0 Å². The maximum atomic E-state index is 15.1. The zero-order valence-electron chi connectivity index (χ0n) is 58.7. The number of aromatic nitrogens is 2. The van der Waals surface area contributed by atoms with Crippen molar-refractivity contribution in [2.45, 2.75) is 183 Å². The number of ether oxygens (including phenoxy) is 1. The van der Waals surface area contributed by atoms with Gasteiger partial charge in [-0.2, -0.15) is 13.4 Å². The molecular weight excluding hydrogens is 1390 g/mol. The van der Waals surface area contributed by atoms with Crippen LogP contribution in [0.15, 0.2) is 71.3 Å². The standard InChI is InChI=1S/C70H94N12O22S/c1-36-34-82-59(60(36)91)66(96)72-33-43(85)30-49(63(93)74-56(37(2)84)67(97)81-35-44(86)31-50(81)64(94)75-57(65(95)76-58(68(82)98)53(89)32-55(71)90)52(88)27-38-5-12-51(87)54(28-38)104-105(99,100)101)73-62(92)47-11-10-42(29-48(47)40-15-21-79(22-16-40)25-26-83)39-6-8-41(9-7-39)61-77-69(103-78-61)80-23-17-46(18-24-80)102-45-13-19-70(3,4)20-14-45/h5-12,15,28-29,36-37,43-46,49-50,52-53,56-60,83-89,91H,13-14,16-27,30-35H2,1-4H3,(H2,71,90)(H,72,96)(H,73,92)(H,74,93)(H,75,94)(H,76,95)(H,99,100,101)/t36-,37+,43+,44+,49-,50-,52+,53+,56-,57-,58-,59-,60-/m0/s1. The molecule has 13 atom stereocenters. The highest BCUT2D eigenvalue weighted by Gasteiger charge is 2.50. The molecule has 35 heteroatoms. The Hall–Kier alpha value is -8.75. The first-order valence-electron chi connectivity index (χ1n) is 35.2. The number of carbonyl (C=O) groups is 8. The van der Waals surface area contributed by atoms with Gasteiger partial charge in [0.1, 0.15) is 36.3 Å². The number of nitrogens with one attached hydrogen (secondary N) is 5. The van der Waals surface area contributed by atoms with E-state index in [1.165, 1.54) is 13.0 Å². The molecule has 8 amide bonds. The van der Waals surface area contributed by atoms with Crippen LogP contribution in [0.1, 0.15) is 113 Å². The van der Waals surface area contributed by atoms with E-state index in [0.717, 1.165) is 84.6 Å². The number of fused-ring (bicyclic) bond motifs is 2. The number of anilines is 1. The molecule has 10 rings (SSSR count). The number of β-amino-alcohol motifs (C(OH)–C–C–N with tert-alkyl or cyclic N) is 2. The van der Waals surface area contributed by atoms with Crippen LogP contribution in [0.25, 0.3) is 28.1 Å². The van der Waals surface area contributed by atoms with Crippen LogP contribution in [0, 0.1) is 11.3 Å². The molecular formula is C70H94N12O22S. The fourth-order valence-corrected chi connectivity index (χ4v) is 14.8. The van der Waals surface area contributed by atoms with Gasteiger partial charge in [0.25, 0.3) is 5.91 Å². The van der Waals surface area contributed by atoms with Gasteiger partial charge < -0.3 is 101 Å². The number of amides is 8. The third-order valence-electron chi connectivity index (χ3n) is 20.4. The van der Waals surface area contributed by atoms with Crippen molar-refractivity contribution in [3.63, 3.8) is 0 Å². The lowest BCUT2D eigenvalue weighted by molar-refractivity contribution is -0.147. The van der Waals surface area contributed by atoms with Gasteiger partial charge in [0.2, 0.25) is 47.2 Å². The first-order valence-corrected chi connectivity index (χ1v) is 36.6. The van der Waals surface area contributed by atoms with Crippen molar-refractivity contribution in [2.75, 3.05) is 63.9 Å². The number of aliphatic hydroxyl groups excluding tert-OH is 7. The normalized spacial score (nSPS) is 26.9. The molecule has 4 aromatic rings. The molecule has 1 aromatic heterocycles. The first kappa shape index (κ1) is 78.8. The summed E-state index contributed by atoms with van der Waals surface area (Å²) in [5, 5.41) is 106. The molecule has 6 aliphatic rings. The van der Waals surface area contributed by atoms with Crippen LogP contribution >= 0.6 is 0 Å². The Balaban J connectivity index is 0.940. The van der Waals surface area contributed by atoms with Crippen molar-refractivity contribution in [2.24, 2.45) is 17.1 Å². The second-order valence-electron chi connectivity index (χ2n) is 28.9. The molecule has 16 N–H and O–H groups in total. The topological polar surface area (TPSA) is 509 Å². The Kier molecular flexibility index (Phi) is 25.4. The van der Waals surface area contributed by atoms with Crippen molar-refractivity contribution >= 4 is 69.2 Å². The number of aliphatic hydroxyl groups is 7. The predicted molar refractivity (Wildman–Crippen MR) is 373 cm³/mol. The molecule has 6 heterocycles. The van der Waals surface area contributed by atoms with Gasteiger partial charge in [0, 0.05) is 88.7 Å². The quantitative estimate of drug-likeness (QED) is 0.0458. The lowest BCUT2D eigenvalue weighted by Crippen LogP contribution is -2.64. The summed E-state index contributed by atoms with van der Waals surface area (Å²) in [5.74, 6) is -12.0. The summed E-state index contributed by atoms with van der Waals surface area (Å²) in [6.45, 7) is 7.83. The van der Waals surface area contributed by atoms with Gasteiger partial charge in [0.05, 0.1) is 61.9 Å². The average Bonchev–Trinajstić information content (AvgIpc) is 1.70. The summed E-state index contributed by atoms with van der Waals surface area (Å²) in [6.07, 6.45) is -5.58. The molecule has 0 unspecified atom stereocenters. The van der Waals surface area contributed by atoms with E-state index in [-0.39, 0.29) is 29.9 Å². The fraction of sp³-hybridized carbons (Fsp3) is 0.571. The molecule has 0 radical (unpaired) electrons. The number of rotatable bonds is 19. The number of aromatic hydroxyl groups is 1. The van der Waals surface area contributed by atoms with Crippen molar-refractivity contribution in [3.05, 3.63) is 83.4 Å². The Morgan fingerprint density at radius 2 is 1.44 bits per heavy atom. The number of nitrogens with two attached hydrogens (primary N) is 1. The number of nitrogens with zero attached hydrogens (tertiary/aromatic N) is 6. The van der Waals surface area contributed by atoms with E-state index in [2.05, 4.69) is 54.7 Å². The van der Waals surface area contributed by atoms with E-state index in [0.29, 0.717) is 73.1 Å². The minimum atomic E-state index is -5.26. The summed E-state index contributed by atoms with van der Waals surface area (Å²) >= 11 is 0. The molecule has 3 aromatic carbocycles. The Labute approximate surface area is 605 Å². The Morgan fingerprint density at radius 1 is 0.781 bits per heavy atom. The van der Waals surface area contributed by atoms with Crippen LogP contribution in [0.4, 0.5) is 6.01 Å². The van der Waals surface area contributed by atoms with Gasteiger partial charge >= 0.3 is 16.4 Å². The highest BCUT2D eigenvalue weighted by molar-refractivity contribution is 7.81. The zero-order valence-corrected chi connectivity index (χ0v) is 59.5. The van der Waals surface area contributed by atoms with Crippen molar-refractivity contribution in [1.29, 1.82) is 0 Å². The van der Waals surface area contributed by atoms with Gasteiger partial charge in [-0.25, -0.2) is 0 Å². The van der Waals surface area contributed by atoms with E-state index in [1.54, 1.807) is 12.1 Å². The summed E-state index contributed by atoms with van der Waals surface area (Å²) in [4.78, 5) is 126. The molecule has 572 valence electrons. The van der Waals surface area contributed by atoms with E-state index in [1.807, 2.05) is 35.2 Å². The number of hydrogen-bond donors (Lipinski definition) is 15. The Bertz CT molecular complexity index is 3970. The maximum Gasteiger partial charge on any atom is 0.446 e. The molecule has 105 heavy (non-hydrogen) atoms. The maximum absolute atomic E-state index is 15.1. The average molecular weight is 1490 g/mol. The minimum absolute atomic E-state index is 0.0370. The van der Waals surface area contributed by atoms with Crippen molar-refractivity contribution in [1.82, 2.24) is 51.4 Å². The third-order valence-corrected chi connectivity index (χ3v) is 20.8. The highest BCUT2D eigenvalue weighted by atomic mass is 32.3. The van der Waals surface area contributed by atoms with Crippen LogP contribution in [0.3, 0.4) is 0 Å². The first-order chi connectivity index (χ1) is 49.7. The van der Waals surface area contributed by atoms with Gasteiger partial charge in [-0.05, 0) is 109 Å². The molecule has 5 aliphatic heterocycles. The number of carbonyl (C=O) groups excluding carboxylic acids is 8. The second-order valence-corrected chi connectivity index (χ2v) is 29.9. The molecule has 5 fully saturated rings. The summed E-state index contributed by atoms with van der Waals surface area (Å²) in [7, 11) is -5.26. The summed E-state index contributed by atoms with van der Waals surface area (Å²) in [5.41, 5.74) is 8.88. The van der Waals surface area contributed by atoms with E-state index < -0.39 is 193 Å². The lowest BCUT2D eigenvalue weighted by Gasteiger charge is -2.38. The SMILES string of the molecule is C[C@@H](O)[C@@H]1NC(=O)[C@@H](NC(=O)c2ccc(-c3ccc(-c4noc(N5CCC(OC6CCC(C)(C)CC6)CC5)n4)cc3)cc2C2=CCN(CCO)CC2)C[C@@H](O)CNC(=O)[C@@H]2[C@@H](O)[C@@H](C)CN2C(=O)[C@H]([C@H](O)CC(N)=O)NC(=O)[C@H]([C@H](O)Cc2ccc(O)c(OS(=O)(=O)O)c2)NC(=O)[C@@H]2C[C@@H](O)CN2C1=O.